The van der Waals surface area contributed by atoms with E-state index in [1.54, 1.807) is 0 Å². The SMILES string of the molecule is CC(C)Oc1ccc(-c2nccc(N3CCCCC3)n2)cc1C(C)C. The van der Waals surface area contributed by atoms with Gasteiger partial charge in [-0.05, 0) is 68.9 Å². The Labute approximate surface area is 151 Å². The molecular weight excluding hydrogens is 310 g/mol. The molecular formula is C21H29N3O. The Bertz CT molecular complexity index is 706. The Kier molecular flexibility index (Phi) is 5.57. The molecule has 0 amide bonds. The molecule has 134 valence electrons. The van der Waals surface area contributed by atoms with Crippen molar-refractivity contribution in [3.63, 3.8) is 0 Å². The first-order valence-corrected chi connectivity index (χ1v) is 9.43. The van der Waals surface area contributed by atoms with Crippen LogP contribution in [-0.4, -0.2) is 29.2 Å². The number of aromatic nitrogens is 2. The van der Waals surface area contributed by atoms with E-state index in [-0.39, 0.29) is 6.10 Å². The smallest absolute Gasteiger partial charge is 0.161 e. The molecule has 0 saturated carbocycles. The van der Waals surface area contributed by atoms with Crippen molar-refractivity contribution < 1.29 is 4.74 Å². The van der Waals surface area contributed by atoms with E-state index in [1.807, 2.05) is 12.3 Å². The van der Waals surface area contributed by atoms with Gasteiger partial charge in [0.2, 0.25) is 0 Å². The zero-order valence-corrected chi connectivity index (χ0v) is 15.8. The summed E-state index contributed by atoms with van der Waals surface area (Å²) in [5, 5.41) is 0. The minimum Gasteiger partial charge on any atom is -0.491 e. The molecule has 3 rings (SSSR count). The summed E-state index contributed by atoms with van der Waals surface area (Å²) in [6, 6.07) is 8.33. The lowest BCUT2D eigenvalue weighted by Crippen LogP contribution is -2.30. The van der Waals surface area contributed by atoms with Gasteiger partial charge < -0.3 is 9.64 Å². The van der Waals surface area contributed by atoms with Crippen LogP contribution in [0.15, 0.2) is 30.5 Å². The molecule has 0 N–H and O–H groups in total. The first kappa shape index (κ1) is 17.7. The zero-order valence-electron chi connectivity index (χ0n) is 15.8. The number of rotatable bonds is 5. The summed E-state index contributed by atoms with van der Waals surface area (Å²) in [5.74, 6) is 3.18. The topological polar surface area (TPSA) is 38.2 Å². The van der Waals surface area contributed by atoms with Crippen LogP contribution >= 0.6 is 0 Å². The van der Waals surface area contributed by atoms with Crippen molar-refractivity contribution in [3.05, 3.63) is 36.0 Å². The second-order valence-corrected chi connectivity index (χ2v) is 7.36. The van der Waals surface area contributed by atoms with Gasteiger partial charge in [-0.2, -0.15) is 0 Å². The van der Waals surface area contributed by atoms with Crippen LogP contribution in [0.1, 0.15) is 58.4 Å². The highest BCUT2D eigenvalue weighted by atomic mass is 16.5. The number of hydrogen-bond acceptors (Lipinski definition) is 4. The number of anilines is 1. The van der Waals surface area contributed by atoms with E-state index in [0.717, 1.165) is 36.0 Å². The van der Waals surface area contributed by atoms with E-state index in [9.17, 15) is 0 Å². The lowest BCUT2D eigenvalue weighted by Gasteiger charge is -2.27. The van der Waals surface area contributed by atoms with Gasteiger partial charge >= 0.3 is 0 Å². The highest BCUT2D eigenvalue weighted by Crippen LogP contribution is 2.31. The molecule has 0 unspecified atom stereocenters. The Morgan fingerprint density at radius 3 is 2.44 bits per heavy atom. The first-order chi connectivity index (χ1) is 12.0. The lowest BCUT2D eigenvalue weighted by molar-refractivity contribution is 0.239. The summed E-state index contributed by atoms with van der Waals surface area (Å²) >= 11 is 0. The molecule has 0 aliphatic carbocycles. The molecule has 25 heavy (non-hydrogen) atoms. The van der Waals surface area contributed by atoms with Gasteiger partial charge in [-0.1, -0.05) is 13.8 Å². The third kappa shape index (κ3) is 4.30. The Balaban J connectivity index is 1.92. The van der Waals surface area contributed by atoms with E-state index in [1.165, 1.54) is 24.8 Å². The number of piperidine rings is 1. The van der Waals surface area contributed by atoms with Crippen LogP contribution in [-0.2, 0) is 0 Å². The molecule has 0 atom stereocenters. The monoisotopic (exact) mass is 339 g/mol. The first-order valence-electron chi connectivity index (χ1n) is 9.43. The second kappa shape index (κ2) is 7.85. The van der Waals surface area contributed by atoms with Gasteiger partial charge in [-0.15, -0.1) is 0 Å². The molecule has 2 aromatic rings. The predicted molar refractivity (Wildman–Crippen MR) is 103 cm³/mol. The lowest BCUT2D eigenvalue weighted by atomic mass is 9.99. The largest absolute Gasteiger partial charge is 0.491 e. The number of ether oxygens (including phenoxy) is 1. The van der Waals surface area contributed by atoms with Crippen LogP contribution in [0, 0.1) is 0 Å². The van der Waals surface area contributed by atoms with Crippen molar-refractivity contribution in [2.45, 2.75) is 59.0 Å². The molecule has 1 saturated heterocycles. The van der Waals surface area contributed by atoms with Crippen molar-refractivity contribution in [1.29, 1.82) is 0 Å². The summed E-state index contributed by atoms with van der Waals surface area (Å²) in [5.41, 5.74) is 2.26. The molecule has 2 heterocycles. The van der Waals surface area contributed by atoms with E-state index < -0.39 is 0 Å². The maximum Gasteiger partial charge on any atom is 0.161 e. The number of hydrogen-bond donors (Lipinski definition) is 0. The van der Waals surface area contributed by atoms with Crippen molar-refractivity contribution >= 4 is 5.82 Å². The summed E-state index contributed by atoms with van der Waals surface area (Å²) in [7, 11) is 0. The van der Waals surface area contributed by atoms with Crippen LogP contribution in [0.25, 0.3) is 11.4 Å². The summed E-state index contributed by atoms with van der Waals surface area (Å²) in [4.78, 5) is 11.7. The summed E-state index contributed by atoms with van der Waals surface area (Å²) < 4.78 is 5.97. The average Bonchev–Trinajstić information content (AvgIpc) is 2.62. The van der Waals surface area contributed by atoms with E-state index in [2.05, 4.69) is 55.8 Å². The highest BCUT2D eigenvalue weighted by Gasteiger charge is 2.15. The quantitative estimate of drug-likeness (QED) is 0.764. The maximum absolute atomic E-state index is 5.97. The van der Waals surface area contributed by atoms with E-state index in [4.69, 9.17) is 9.72 Å². The van der Waals surface area contributed by atoms with Crippen molar-refractivity contribution in [1.82, 2.24) is 9.97 Å². The molecule has 1 aromatic carbocycles. The minimum absolute atomic E-state index is 0.169. The maximum atomic E-state index is 5.97. The average molecular weight is 339 g/mol. The zero-order chi connectivity index (χ0) is 17.8. The van der Waals surface area contributed by atoms with Crippen molar-refractivity contribution in [2.75, 3.05) is 18.0 Å². The number of benzene rings is 1. The van der Waals surface area contributed by atoms with Crippen molar-refractivity contribution in [2.24, 2.45) is 0 Å². The van der Waals surface area contributed by atoms with Gasteiger partial charge in [-0.25, -0.2) is 9.97 Å². The van der Waals surface area contributed by atoms with Crippen LogP contribution in [0.5, 0.6) is 5.75 Å². The summed E-state index contributed by atoms with van der Waals surface area (Å²) in [6.07, 6.45) is 5.86. The van der Waals surface area contributed by atoms with Gasteiger partial charge in [-0.3, -0.25) is 0 Å². The molecule has 0 spiro atoms. The fraction of sp³-hybridized carbons (Fsp3) is 0.524. The van der Waals surface area contributed by atoms with Gasteiger partial charge in [0.1, 0.15) is 11.6 Å². The molecule has 1 aliphatic heterocycles. The van der Waals surface area contributed by atoms with Gasteiger partial charge in [0, 0.05) is 24.8 Å². The Hall–Kier alpha value is -2.10. The van der Waals surface area contributed by atoms with Gasteiger partial charge in [0.15, 0.2) is 5.82 Å². The molecule has 1 aromatic heterocycles. The van der Waals surface area contributed by atoms with Crippen LogP contribution in [0.3, 0.4) is 0 Å². The normalized spacial score (nSPS) is 15.0. The van der Waals surface area contributed by atoms with Crippen LogP contribution < -0.4 is 9.64 Å². The third-order valence-electron chi connectivity index (χ3n) is 4.57. The van der Waals surface area contributed by atoms with Crippen LogP contribution in [0.4, 0.5) is 5.82 Å². The fourth-order valence-electron chi connectivity index (χ4n) is 3.29. The van der Waals surface area contributed by atoms with Gasteiger partial charge in [0.05, 0.1) is 6.10 Å². The minimum atomic E-state index is 0.169. The van der Waals surface area contributed by atoms with E-state index in [0.29, 0.717) is 5.92 Å². The molecule has 1 fully saturated rings. The molecule has 0 radical (unpaired) electrons. The second-order valence-electron chi connectivity index (χ2n) is 7.36. The molecule has 1 aliphatic rings. The highest BCUT2D eigenvalue weighted by molar-refractivity contribution is 5.61. The molecule has 0 bridgehead atoms. The van der Waals surface area contributed by atoms with Gasteiger partial charge in [0.25, 0.3) is 0 Å². The fourth-order valence-corrected chi connectivity index (χ4v) is 3.29. The number of nitrogens with zero attached hydrogens (tertiary/aromatic N) is 3. The van der Waals surface area contributed by atoms with E-state index >= 15 is 0 Å². The predicted octanol–water partition coefficient (Wildman–Crippen LogP) is 5.04. The molecule has 4 heteroatoms. The van der Waals surface area contributed by atoms with Crippen LogP contribution in [0.2, 0.25) is 0 Å². The molecule has 4 nitrogen and oxygen atoms in total. The Morgan fingerprint density at radius 1 is 1.00 bits per heavy atom. The summed E-state index contributed by atoms with van der Waals surface area (Å²) in [6.45, 7) is 10.7. The third-order valence-corrected chi connectivity index (χ3v) is 4.57. The standard InChI is InChI=1S/C21H29N3O/c1-15(2)18-14-17(8-9-19(18)25-16(3)4)21-22-11-10-20(23-21)24-12-6-5-7-13-24/h8-11,14-16H,5-7,12-13H2,1-4H3. The Morgan fingerprint density at radius 2 is 1.76 bits per heavy atom. The van der Waals surface area contributed by atoms with Crippen molar-refractivity contribution in [3.8, 4) is 17.1 Å².